The van der Waals surface area contributed by atoms with Crippen LogP contribution in [-0.2, 0) is 0 Å². The van der Waals surface area contributed by atoms with Gasteiger partial charge < -0.3 is 10.2 Å². The minimum absolute atomic E-state index is 0.174. The monoisotopic (exact) mass is 290 g/mol. The summed E-state index contributed by atoms with van der Waals surface area (Å²) in [5.41, 5.74) is 1.15. The van der Waals surface area contributed by atoms with Gasteiger partial charge in [-0.1, -0.05) is 23.7 Å². The first-order chi connectivity index (χ1) is 9.51. The largest absolute Gasteiger partial charge is 0.373 e. The Morgan fingerprint density at radius 3 is 2.65 bits per heavy atom. The summed E-state index contributed by atoms with van der Waals surface area (Å²) in [6.07, 6.45) is 0. The first-order valence-corrected chi connectivity index (χ1v) is 6.91. The maximum Gasteiger partial charge on any atom is 0.134 e. The van der Waals surface area contributed by atoms with Crippen LogP contribution in [0.25, 0.3) is 0 Å². The molecule has 0 aliphatic carbocycles. The second-order valence-corrected chi connectivity index (χ2v) is 5.19. The molecule has 0 saturated heterocycles. The molecule has 4 nitrogen and oxygen atoms in total. The van der Waals surface area contributed by atoms with Gasteiger partial charge in [-0.3, -0.25) is 0 Å². The number of benzene rings is 1. The number of nitrogens with one attached hydrogen (secondary N) is 1. The molecule has 1 atom stereocenters. The van der Waals surface area contributed by atoms with Crippen LogP contribution in [0, 0.1) is 6.92 Å². The fourth-order valence-corrected chi connectivity index (χ4v) is 2.25. The zero-order chi connectivity index (χ0) is 14.7. The molecule has 1 aromatic carbocycles. The molecule has 20 heavy (non-hydrogen) atoms. The van der Waals surface area contributed by atoms with Gasteiger partial charge >= 0.3 is 0 Å². The van der Waals surface area contributed by atoms with E-state index in [2.05, 4.69) is 33.2 Å². The lowest BCUT2D eigenvalue weighted by molar-refractivity contribution is 0.725. The van der Waals surface area contributed by atoms with E-state index in [4.69, 9.17) is 11.6 Å². The summed E-state index contributed by atoms with van der Waals surface area (Å²) < 4.78 is 0. The summed E-state index contributed by atoms with van der Waals surface area (Å²) in [5, 5.41) is 3.80. The van der Waals surface area contributed by atoms with Crippen molar-refractivity contribution in [1.82, 2.24) is 9.97 Å². The Balaban J connectivity index is 2.30. The molecular formula is C15H19ClN4. The number of hydrogen-bond donors (Lipinski definition) is 1. The van der Waals surface area contributed by atoms with Crippen LogP contribution in [-0.4, -0.2) is 24.1 Å². The first-order valence-electron chi connectivity index (χ1n) is 6.53. The zero-order valence-electron chi connectivity index (χ0n) is 12.2. The Morgan fingerprint density at radius 1 is 1.25 bits per heavy atom. The maximum absolute atomic E-state index is 6.06. The first kappa shape index (κ1) is 14.6. The standard InChI is InChI=1S/C15H19ClN4/c1-10(12-6-5-7-13(16)8-12)20(4)15-9-14(17-3)18-11(2)19-15/h5-10H,1-4H3,(H,17,18,19). The number of nitrogens with zero attached hydrogens (tertiary/aromatic N) is 3. The molecule has 0 amide bonds. The predicted octanol–water partition coefficient (Wildman–Crippen LogP) is 3.68. The fourth-order valence-electron chi connectivity index (χ4n) is 2.05. The Labute approximate surface area is 124 Å². The topological polar surface area (TPSA) is 41.0 Å². The van der Waals surface area contributed by atoms with Crippen LogP contribution in [0.3, 0.4) is 0 Å². The van der Waals surface area contributed by atoms with Gasteiger partial charge in [-0.25, -0.2) is 9.97 Å². The summed E-state index contributed by atoms with van der Waals surface area (Å²) in [6, 6.07) is 10.0. The number of aromatic nitrogens is 2. The Hall–Kier alpha value is -1.81. The van der Waals surface area contributed by atoms with Crippen molar-refractivity contribution in [1.29, 1.82) is 0 Å². The van der Waals surface area contributed by atoms with Gasteiger partial charge in [0.1, 0.15) is 17.5 Å². The Kier molecular flexibility index (Phi) is 4.45. The van der Waals surface area contributed by atoms with Crippen molar-refractivity contribution in [3.8, 4) is 0 Å². The van der Waals surface area contributed by atoms with Crippen LogP contribution in [0.5, 0.6) is 0 Å². The second kappa shape index (κ2) is 6.09. The number of hydrogen-bond acceptors (Lipinski definition) is 4. The van der Waals surface area contributed by atoms with E-state index in [0.29, 0.717) is 0 Å². The predicted molar refractivity (Wildman–Crippen MR) is 84.6 cm³/mol. The van der Waals surface area contributed by atoms with Gasteiger partial charge in [0.05, 0.1) is 6.04 Å². The summed E-state index contributed by atoms with van der Waals surface area (Å²) >= 11 is 6.06. The van der Waals surface area contributed by atoms with Crippen LogP contribution in [0.1, 0.15) is 24.4 Å². The molecular weight excluding hydrogens is 272 g/mol. The Bertz CT molecular complexity index is 600. The molecule has 1 heterocycles. The van der Waals surface area contributed by atoms with Gasteiger partial charge in [0, 0.05) is 25.2 Å². The molecule has 2 aromatic rings. The van der Waals surface area contributed by atoms with Crippen LogP contribution < -0.4 is 10.2 Å². The smallest absolute Gasteiger partial charge is 0.134 e. The number of anilines is 2. The lowest BCUT2D eigenvalue weighted by Gasteiger charge is -2.27. The molecule has 0 aliphatic heterocycles. The SMILES string of the molecule is CNc1cc(N(C)C(C)c2cccc(Cl)c2)nc(C)n1. The molecule has 2 rings (SSSR count). The highest BCUT2D eigenvalue weighted by atomic mass is 35.5. The molecule has 0 saturated carbocycles. The van der Waals surface area contributed by atoms with E-state index in [9.17, 15) is 0 Å². The van der Waals surface area contributed by atoms with Crippen molar-refractivity contribution in [3.63, 3.8) is 0 Å². The minimum Gasteiger partial charge on any atom is -0.373 e. The normalized spacial score (nSPS) is 12.1. The zero-order valence-corrected chi connectivity index (χ0v) is 12.9. The molecule has 1 aromatic heterocycles. The van der Waals surface area contributed by atoms with E-state index < -0.39 is 0 Å². The quantitative estimate of drug-likeness (QED) is 0.933. The van der Waals surface area contributed by atoms with Crippen molar-refractivity contribution < 1.29 is 0 Å². The molecule has 0 fully saturated rings. The lowest BCUT2D eigenvalue weighted by Crippen LogP contribution is -2.23. The van der Waals surface area contributed by atoms with Gasteiger partial charge in [-0.15, -0.1) is 0 Å². The molecule has 5 heteroatoms. The number of aryl methyl sites for hydroxylation is 1. The lowest BCUT2D eigenvalue weighted by atomic mass is 10.1. The van der Waals surface area contributed by atoms with E-state index >= 15 is 0 Å². The molecule has 0 radical (unpaired) electrons. The average molecular weight is 291 g/mol. The van der Waals surface area contributed by atoms with Crippen LogP contribution in [0.15, 0.2) is 30.3 Å². The number of rotatable bonds is 4. The Morgan fingerprint density at radius 2 is 2.00 bits per heavy atom. The molecule has 0 aliphatic rings. The minimum atomic E-state index is 0.174. The van der Waals surface area contributed by atoms with Crippen molar-refractivity contribution in [2.24, 2.45) is 0 Å². The van der Waals surface area contributed by atoms with Crippen LogP contribution >= 0.6 is 11.6 Å². The van der Waals surface area contributed by atoms with E-state index in [1.54, 1.807) is 0 Å². The molecule has 0 bridgehead atoms. The highest BCUT2D eigenvalue weighted by Gasteiger charge is 2.15. The summed E-state index contributed by atoms with van der Waals surface area (Å²) in [5.74, 6) is 2.45. The van der Waals surface area contributed by atoms with Crippen LogP contribution in [0.2, 0.25) is 5.02 Å². The molecule has 1 N–H and O–H groups in total. The van der Waals surface area contributed by atoms with Crippen molar-refractivity contribution in [3.05, 3.63) is 46.7 Å². The van der Waals surface area contributed by atoms with E-state index in [1.807, 2.05) is 45.3 Å². The third kappa shape index (κ3) is 3.20. The maximum atomic E-state index is 6.06. The van der Waals surface area contributed by atoms with Gasteiger partial charge in [0.2, 0.25) is 0 Å². The summed E-state index contributed by atoms with van der Waals surface area (Å²) in [7, 11) is 3.87. The van der Waals surface area contributed by atoms with Gasteiger partial charge in [0.15, 0.2) is 0 Å². The summed E-state index contributed by atoms with van der Waals surface area (Å²) in [4.78, 5) is 10.9. The highest BCUT2D eigenvalue weighted by molar-refractivity contribution is 6.30. The fraction of sp³-hybridized carbons (Fsp3) is 0.333. The van der Waals surface area contributed by atoms with Gasteiger partial charge in [-0.05, 0) is 31.5 Å². The average Bonchev–Trinajstić information content (AvgIpc) is 2.45. The molecule has 106 valence electrons. The van der Waals surface area contributed by atoms with Gasteiger partial charge in [0.25, 0.3) is 0 Å². The highest BCUT2D eigenvalue weighted by Crippen LogP contribution is 2.26. The molecule has 0 spiro atoms. The molecule has 1 unspecified atom stereocenters. The van der Waals surface area contributed by atoms with Crippen molar-refractivity contribution in [2.75, 3.05) is 24.3 Å². The van der Waals surface area contributed by atoms with Crippen LogP contribution in [0.4, 0.5) is 11.6 Å². The summed E-state index contributed by atoms with van der Waals surface area (Å²) in [6.45, 7) is 4.02. The van der Waals surface area contributed by atoms with Gasteiger partial charge in [-0.2, -0.15) is 0 Å². The second-order valence-electron chi connectivity index (χ2n) is 4.75. The third-order valence-electron chi connectivity index (χ3n) is 3.35. The third-order valence-corrected chi connectivity index (χ3v) is 3.59. The van der Waals surface area contributed by atoms with E-state index in [1.165, 1.54) is 0 Å². The van der Waals surface area contributed by atoms with Crippen molar-refractivity contribution in [2.45, 2.75) is 19.9 Å². The van der Waals surface area contributed by atoms with Crippen molar-refractivity contribution >= 4 is 23.2 Å². The number of halogens is 1. The van der Waals surface area contributed by atoms with E-state index in [0.717, 1.165) is 28.0 Å². The van der Waals surface area contributed by atoms with E-state index in [-0.39, 0.29) is 6.04 Å².